The Morgan fingerprint density at radius 3 is 2.58 bits per heavy atom. The first kappa shape index (κ1) is 24.4. The van der Waals surface area contributed by atoms with Crippen LogP contribution in [0.1, 0.15) is 38.1 Å². The minimum atomic E-state index is -0.223. The average Bonchev–Trinajstić information content (AvgIpc) is 3.22. The van der Waals surface area contributed by atoms with Crippen LogP contribution < -0.4 is 10.2 Å². The molecule has 0 radical (unpaired) electrons. The van der Waals surface area contributed by atoms with Gasteiger partial charge in [-0.25, -0.2) is 4.98 Å². The Labute approximate surface area is 214 Å². The van der Waals surface area contributed by atoms with Gasteiger partial charge < -0.3 is 19.9 Å². The van der Waals surface area contributed by atoms with Crippen molar-refractivity contribution in [3.05, 3.63) is 64.0 Å². The number of carbonyl (C=O) groups is 2. The van der Waals surface area contributed by atoms with Gasteiger partial charge in [-0.15, -0.1) is 11.3 Å². The van der Waals surface area contributed by atoms with E-state index in [9.17, 15) is 9.59 Å². The number of aryl methyl sites for hydroxylation is 1. The number of rotatable bonds is 6. The number of pyridine rings is 1. The van der Waals surface area contributed by atoms with Crippen LogP contribution in [0.15, 0.2) is 42.5 Å². The van der Waals surface area contributed by atoms with E-state index >= 15 is 0 Å². The summed E-state index contributed by atoms with van der Waals surface area (Å²) in [6.45, 7) is 7.71. The maximum Gasteiger partial charge on any atom is 0.267 e. The number of para-hydroxylation sites is 1. The van der Waals surface area contributed by atoms with Crippen LogP contribution >= 0.6 is 11.3 Å². The number of nitrogens with zero attached hydrogens (tertiary/aromatic N) is 3. The number of Topliss-reactive ketones (excluding diaryl/α,β-unsaturated/α-hetero) is 1. The number of thiophene rings is 1. The average molecular weight is 503 g/mol. The second-order valence-electron chi connectivity index (χ2n) is 9.31. The van der Waals surface area contributed by atoms with E-state index in [2.05, 4.69) is 28.2 Å². The fraction of sp³-hybridized carbons (Fsp3) is 0.321. The molecule has 1 fully saturated rings. The van der Waals surface area contributed by atoms with E-state index < -0.39 is 0 Å². The molecule has 5 rings (SSSR count). The second kappa shape index (κ2) is 9.97. The van der Waals surface area contributed by atoms with Crippen molar-refractivity contribution in [2.45, 2.75) is 20.5 Å². The van der Waals surface area contributed by atoms with E-state index in [1.807, 2.05) is 43.3 Å². The largest absolute Gasteiger partial charge is 0.380 e. The summed E-state index contributed by atoms with van der Waals surface area (Å²) in [5.41, 5.74) is 4.37. The number of aromatic nitrogens is 1. The van der Waals surface area contributed by atoms with Crippen molar-refractivity contribution < 1.29 is 14.3 Å². The van der Waals surface area contributed by atoms with Crippen LogP contribution in [-0.2, 0) is 11.3 Å². The number of anilines is 2. The van der Waals surface area contributed by atoms with Crippen LogP contribution in [0.3, 0.4) is 0 Å². The van der Waals surface area contributed by atoms with E-state index in [1.54, 1.807) is 14.0 Å². The van der Waals surface area contributed by atoms with Crippen LogP contribution in [0, 0.1) is 6.92 Å². The normalized spacial score (nSPS) is 14.5. The van der Waals surface area contributed by atoms with Gasteiger partial charge in [0.05, 0.1) is 17.0 Å². The molecule has 1 saturated heterocycles. The van der Waals surface area contributed by atoms with Gasteiger partial charge in [0.25, 0.3) is 5.91 Å². The number of benzene rings is 2. The quantitative estimate of drug-likeness (QED) is 0.369. The Kier molecular flexibility index (Phi) is 6.75. The zero-order valence-electron chi connectivity index (χ0n) is 21.1. The molecule has 7 nitrogen and oxygen atoms in total. The predicted molar refractivity (Wildman–Crippen MR) is 147 cm³/mol. The number of hydrogen-bond donors (Lipinski definition) is 1. The van der Waals surface area contributed by atoms with Crippen molar-refractivity contribution in [3.8, 4) is 0 Å². The van der Waals surface area contributed by atoms with Crippen LogP contribution in [0.25, 0.3) is 21.0 Å². The zero-order valence-corrected chi connectivity index (χ0v) is 21.9. The number of fused-ring (bicyclic) bond motifs is 2. The van der Waals surface area contributed by atoms with Gasteiger partial charge in [0.2, 0.25) is 0 Å². The molecule has 0 unspecified atom stereocenters. The molecule has 0 aliphatic carbocycles. The summed E-state index contributed by atoms with van der Waals surface area (Å²) in [7, 11) is 3.78. The highest BCUT2D eigenvalue weighted by atomic mass is 32.1. The number of ketones is 1. The molecular weight excluding hydrogens is 472 g/mol. The molecule has 4 aromatic rings. The highest BCUT2D eigenvalue weighted by Crippen LogP contribution is 2.37. The van der Waals surface area contributed by atoms with Crippen molar-refractivity contribution in [2.75, 3.05) is 50.6 Å². The summed E-state index contributed by atoms with van der Waals surface area (Å²) < 4.78 is 6.20. The number of amides is 1. The van der Waals surface area contributed by atoms with Crippen molar-refractivity contribution in [1.82, 2.24) is 9.88 Å². The predicted octanol–water partition coefficient (Wildman–Crippen LogP) is 5.11. The number of nitrogens with one attached hydrogen (secondary N) is 1. The van der Waals surface area contributed by atoms with Crippen LogP contribution in [0.5, 0.6) is 0 Å². The van der Waals surface area contributed by atoms with Gasteiger partial charge in [-0.2, -0.15) is 0 Å². The first-order valence-corrected chi connectivity index (χ1v) is 12.9. The third-order valence-corrected chi connectivity index (χ3v) is 8.15. The molecule has 3 heterocycles. The molecule has 1 N–H and O–H groups in total. The molecule has 0 saturated carbocycles. The fourth-order valence-electron chi connectivity index (χ4n) is 4.91. The van der Waals surface area contributed by atoms with E-state index in [0.717, 1.165) is 64.0 Å². The van der Waals surface area contributed by atoms with Crippen LogP contribution in [-0.4, -0.2) is 61.9 Å². The minimum absolute atomic E-state index is 0.0230. The molecule has 8 heteroatoms. The lowest BCUT2D eigenvalue weighted by Gasteiger charge is -2.34. The van der Waals surface area contributed by atoms with Crippen LogP contribution in [0.4, 0.5) is 11.5 Å². The molecule has 0 atom stereocenters. The monoisotopic (exact) mass is 502 g/mol. The van der Waals surface area contributed by atoms with Crippen molar-refractivity contribution >= 4 is 55.5 Å². The summed E-state index contributed by atoms with van der Waals surface area (Å²) in [5.74, 6) is 0.275. The first-order valence-electron chi connectivity index (χ1n) is 12.1. The molecule has 1 amide bonds. The van der Waals surface area contributed by atoms with Gasteiger partial charge >= 0.3 is 0 Å². The van der Waals surface area contributed by atoms with E-state index in [4.69, 9.17) is 9.72 Å². The Balaban J connectivity index is 1.54. The number of hydrogen-bond acceptors (Lipinski definition) is 7. The van der Waals surface area contributed by atoms with Crippen molar-refractivity contribution in [3.63, 3.8) is 0 Å². The van der Waals surface area contributed by atoms with Gasteiger partial charge in [-0.1, -0.05) is 24.3 Å². The SMILES string of the molecule is COCc1ccc(C(C)=O)c2sc(C(=O)Nc3cc(N4CCN(C)CC4)c4ccccc4n3)c(C)c12. The van der Waals surface area contributed by atoms with Gasteiger partial charge in [0.15, 0.2) is 5.78 Å². The number of likely N-dealkylation sites (N-methyl/N-ethyl adjacent to an activating group) is 1. The van der Waals surface area contributed by atoms with Crippen LogP contribution in [0.2, 0.25) is 0 Å². The third kappa shape index (κ3) is 4.48. The number of ether oxygens (including phenoxy) is 1. The number of carbonyl (C=O) groups excluding carboxylic acids is 2. The zero-order chi connectivity index (χ0) is 25.4. The summed E-state index contributed by atoms with van der Waals surface area (Å²) >= 11 is 1.35. The molecule has 0 bridgehead atoms. The first-order chi connectivity index (χ1) is 17.4. The van der Waals surface area contributed by atoms with E-state index in [0.29, 0.717) is 22.9 Å². The lowest BCUT2D eigenvalue weighted by molar-refractivity contribution is 0.101. The molecular formula is C28H30N4O3S. The van der Waals surface area contributed by atoms with Gasteiger partial charge in [0.1, 0.15) is 5.82 Å². The lowest BCUT2D eigenvalue weighted by Crippen LogP contribution is -2.44. The van der Waals surface area contributed by atoms with Gasteiger partial charge in [-0.05, 0) is 44.2 Å². The van der Waals surface area contributed by atoms with Gasteiger partial charge in [0, 0.05) is 66.1 Å². The molecule has 1 aliphatic heterocycles. The highest BCUT2D eigenvalue weighted by molar-refractivity contribution is 7.21. The molecule has 186 valence electrons. The van der Waals surface area contributed by atoms with E-state index in [-0.39, 0.29) is 11.7 Å². The molecule has 0 spiro atoms. The Hall–Kier alpha value is -3.33. The maximum atomic E-state index is 13.5. The third-order valence-electron chi connectivity index (χ3n) is 6.83. The summed E-state index contributed by atoms with van der Waals surface area (Å²) in [5, 5.41) is 5.05. The topological polar surface area (TPSA) is 74.8 Å². The Bertz CT molecular complexity index is 1470. The van der Waals surface area contributed by atoms with E-state index in [1.165, 1.54) is 11.3 Å². The van der Waals surface area contributed by atoms with Crippen molar-refractivity contribution in [1.29, 1.82) is 0 Å². The maximum absolute atomic E-state index is 13.5. The molecule has 1 aliphatic rings. The number of methoxy groups -OCH3 is 1. The van der Waals surface area contributed by atoms with Gasteiger partial charge in [-0.3, -0.25) is 9.59 Å². The second-order valence-corrected chi connectivity index (χ2v) is 10.3. The summed E-state index contributed by atoms with van der Waals surface area (Å²) in [6.07, 6.45) is 0. The summed E-state index contributed by atoms with van der Waals surface area (Å²) in [4.78, 5) is 35.9. The summed E-state index contributed by atoms with van der Waals surface area (Å²) in [6, 6.07) is 13.8. The minimum Gasteiger partial charge on any atom is -0.380 e. The smallest absolute Gasteiger partial charge is 0.267 e. The number of piperazine rings is 1. The molecule has 36 heavy (non-hydrogen) atoms. The molecule has 2 aromatic carbocycles. The Morgan fingerprint density at radius 1 is 1.11 bits per heavy atom. The van der Waals surface area contributed by atoms with Crippen molar-refractivity contribution in [2.24, 2.45) is 0 Å². The Morgan fingerprint density at radius 2 is 1.86 bits per heavy atom. The fourth-order valence-corrected chi connectivity index (χ4v) is 6.22. The molecule has 2 aromatic heterocycles. The lowest BCUT2D eigenvalue weighted by atomic mass is 10.0. The highest BCUT2D eigenvalue weighted by Gasteiger charge is 2.23. The standard InChI is InChI=1S/C28H30N4O3S/c1-17-25-19(16-35-4)9-10-20(18(2)33)27(25)36-26(17)28(34)30-24-15-23(32-13-11-31(3)12-14-32)21-7-5-6-8-22(21)29-24/h5-10,15H,11-14,16H2,1-4H3,(H,29,30,34).